The van der Waals surface area contributed by atoms with Gasteiger partial charge in [0.2, 0.25) is 0 Å². The van der Waals surface area contributed by atoms with Crippen LogP contribution in [0.25, 0.3) is 11.3 Å². The van der Waals surface area contributed by atoms with Crippen LogP contribution < -0.4 is 16.4 Å². The SMILES string of the molecule is Nc1cc(-c2cccc(N3CCC(N)CC3C3CCCCC3)n2)ccn1. The first kappa shape index (κ1) is 17.3. The van der Waals surface area contributed by atoms with E-state index in [0.717, 1.165) is 42.4 Å². The van der Waals surface area contributed by atoms with Crippen LogP contribution in [0, 0.1) is 5.92 Å². The Morgan fingerprint density at radius 1 is 1.04 bits per heavy atom. The maximum atomic E-state index is 6.34. The molecule has 0 aromatic carbocycles. The van der Waals surface area contributed by atoms with Gasteiger partial charge in [-0.25, -0.2) is 9.97 Å². The van der Waals surface area contributed by atoms with Gasteiger partial charge in [0.25, 0.3) is 0 Å². The molecule has 138 valence electrons. The molecule has 2 aliphatic rings. The molecule has 5 nitrogen and oxygen atoms in total. The number of hydrogen-bond acceptors (Lipinski definition) is 5. The van der Waals surface area contributed by atoms with Gasteiger partial charge in [0.05, 0.1) is 5.69 Å². The van der Waals surface area contributed by atoms with Crippen molar-refractivity contribution in [3.8, 4) is 11.3 Å². The highest BCUT2D eigenvalue weighted by atomic mass is 15.2. The van der Waals surface area contributed by atoms with Gasteiger partial charge in [0.1, 0.15) is 11.6 Å². The number of nitrogen functional groups attached to an aromatic ring is 1. The first-order chi connectivity index (χ1) is 12.7. The summed E-state index contributed by atoms with van der Waals surface area (Å²) in [6.45, 7) is 0.997. The molecule has 1 saturated carbocycles. The summed E-state index contributed by atoms with van der Waals surface area (Å²) < 4.78 is 0. The maximum Gasteiger partial charge on any atom is 0.129 e. The van der Waals surface area contributed by atoms with Crippen molar-refractivity contribution in [2.75, 3.05) is 17.2 Å². The number of pyridine rings is 2. The van der Waals surface area contributed by atoms with Crippen LogP contribution in [-0.4, -0.2) is 28.6 Å². The van der Waals surface area contributed by atoms with Crippen molar-refractivity contribution < 1.29 is 0 Å². The van der Waals surface area contributed by atoms with E-state index in [1.54, 1.807) is 6.20 Å². The smallest absolute Gasteiger partial charge is 0.129 e. The predicted molar refractivity (Wildman–Crippen MR) is 107 cm³/mol. The second-order valence-electron chi connectivity index (χ2n) is 7.79. The van der Waals surface area contributed by atoms with Crippen LogP contribution in [-0.2, 0) is 0 Å². The van der Waals surface area contributed by atoms with E-state index in [2.05, 4.69) is 22.0 Å². The fraction of sp³-hybridized carbons (Fsp3) is 0.524. The average molecular weight is 351 g/mol. The van der Waals surface area contributed by atoms with Crippen molar-refractivity contribution in [1.82, 2.24) is 9.97 Å². The molecule has 0 radical (unpaired) electrons. The van der Waals surface area contributed by atoms with E-state index in [4.69, 9.17) is 16.5 Å². The predicted octanol–water partition coefficient (Wildman–Crippen LogP) is 3.60. The first-order valence-corrected chi connectivity index (χ1v) is 9.92. The number of nitrogens with two attached hydrogens (primary N) is 2. The third kappa shape index (κ3) is 3.68. The molecule has 2 aromatic rings. The second-order valence-corrected chi connectivity index (χ2v) is 7.79. The summed E-state index contributed by atoms with van der Waals surface area (Å²) in [6.07, 6.45) is 10.6. The van der Waals surface area contributed by atoms with E-state index in [1.807, 2.05) is 18.2 Å². The average Bonchev–Trinajstić information content (AvgIpc) is 2.69. The van der Waals surface area contributed by atoms with E-state index < -0.39 is 0 Å². The van der Waals surface area contributed by atoms with Crippen LogP contribution >= 0.6 is 0 Å². The third-order valence-electron chi connectivity index (χ3n) is 5.98. The van der Waals surface area contributed by atoms with Gasteiger partial charge >= 0.3 is 0 Å². The molecule has 1 aliphatic carbocycles. The summed E-state index contributed by atoms with van der Waals surface area (Å²) in [5.41, 5.74) is 14.2. The molecule has 1 saturated heterocycles. The number of nitrogens with zero attached hydrogens (tertiary/aromatic N) is 3. The van der Waals surface area contributed by atoms with Gasteiger partial charge in [0.15, 0.2) is 0 Å². The zero-order valence-corrected chi connectivity index (χ0v) is 15.3. The largest absolute Gasteiger partial charge is 0.384 e. The minimum atomic E-state index is 0.321. The Kier molecular flexibility index (Phi) is 5.07. The summed E-state index contributed by atoms with van der Waals surface area (Å²) >= 11 is 0. The van der Waals surface area contributed by atoms with E-state index in [0.29, 0.717) is 17.9 Å². The maximum absolute atomic E-state index is 6.34. The lowest BCUT2D eigenvalue weighted by atomic mass is 9.79. The van der Waals surface area contributed by atoms with Gasteiger partial charge in [-0.15, -0.1) is 0 Å². The Morgan fingerprint density at radius 2 is 1.88 bits per heavy atom. The molecule has 1 aliphatic heterocycles. The van der Waals surface area contributed by atoms with Crippen molar-refractivity contribution in [3.05, 3.63) is 36.5 Å². The lowest BCUT2D eigenvalue weighted by molar-refractivity contribution is 0.250. The topological polar surface area (TPSA) is 81.1 Å². The standard InChI is InChI=1S/C21H29N5/c22-17-10-12-26(19(14-17)15-5-2-1-3-6-15)21-8-4-7-18(25-21)16-9-11-24-20(23)13-16/h4,7-9,11,13,15,17,19H,1-3,5-6,10,12,14,22H2,(H2,23,24). The second kappa shape index (κ2) is 7.62. The van der Waals surface area contributed by atoms with E-state index in [9.17, 15) is 0 Å². The molecule has 3 heterocycles. The quantitative estimate of drug-likeness (QED) is 0.883. The fourth-order valence-corrected chi connectivity index (χ4v) is 4.63. The molecule has 0 spiro atoms. The monoisotopic (exact) mass is 351 g/mol. The van der Waals surface area contributed by atoms with E-state index >= 15 is 0 Å². The Labute approximate surface area is 155 Å². The van der Waals surface area contributed by atoms with Gasteiger partial charge in [-0.05, 0) is 55.9 Å². The Hall–Kier alpha value is -2.14. The molecular weight excluding hydrogens is 322 g/mol. The van der Waals surface area contributed by atoms with Gasteiger partial charge in [-0.3, -0.25) is 0 Å². The van der Waals surface area contributed by atoms with Gasteiger partial charge in [-0.1, -0.05) is 25.3 Å². The molecule has 2 aromatic heterocycles. The molecule has 2 unspecified atom stereocenters. The van der Waals surface area contributed by atoms with Crippen LogP contribution in [0.4, 0.5) is 11.6 Å². The van der Waals surface area contributed by atoms with Gasteiger partial charge < -0.3 is 16.4 Å². The summed E-state index contributed by atoms with van der Waals surface area (Å²) in [6, 6.07) is 11.0. The first-order valence-electron chi connectivity index (χ1n) is 9.92. The normalized spacial score (nSPS) is 24.6. The highest BCUT2D eigenvalue weighted by Crippen LogP contribution is 2.36. The third-order valence-corrected chi connectivity index (χ3v) is 5.98. The molecule has 26 heavy (non-hydrogen) atoms. The van der Waals surface area contributed by atoms with Gasteiger partial charge in [0, 0.05) is 30.4 Å². The van der Waals surface area contributed by atoms with Crippen molar-refractivity contribution in [2.24, 2.45) is 11.7 Å². The molecule has 0 bridgehead atoms. The number of anilines is 2. The number of hydrogen-bond donors (Lipinski definition) is 2. The molecule has 4 N–H and O–H groups in total. The summed E-state index contributed by atoms with van der Waals surface area (Å²) in [4.78, 5) is 11.6. The van der Waals surface area contributed by atoms with Crippen LogP contribution in [0.15, 0.2) is 36.5 Å². The minimum absolute atomic E-state index is 0.321. The number of aromatic nitrogens is 2. The summed E-state index contributed by atoms with van der Waals surface area (Å²) in [5, 5.41) is 0. The Bertz CT molecular complexity index is 741. The molecule has 2 fully saturated rings. The lowest BCUT2D eigenvalue weighted by Gasteiger charge is -2.44. The van der Waals surface area contributed by atoms with E-state index in [1.165, 1.54) is 32.1 Å². The minimum Gasteiger partial charge on any atom is -0.384 e. The highest BCUT2D eigenvalue weighted by Gasteiger charge is 2.34. The summed E-state index contributed by atoms with van der Waals surface area (Å²) in [7, 11) is 0. The summed E-state index contributed by atoms with van der Waals surface area (Å²) in [5.74, 6) is 2.34. The lowest BCUT2D eigenvalue weighted by Crippen LogP contribution is -2.51. The van der Waals surface area contributed by atoms with E-state index in [-0.39, 0.29) is 0 Å². The molecule has 0 amide bonds. The van der Waals surface area contributed by atoms with Crippen LogP contribution in [0.1, 0.15) is 44.9 Å². The number of piperidine rings is 1. The van der Waals surface area contributed by atoms with Crippen molar-refractivity contribution >= 4 is 11.6 Å². The van der Waals surface area contributed by atoms with Crippen LogP contribution in [0.5, 0.6) is 0 Å². The Morgan fingerprint density at radius 3 is 2.69 bits per heavy atom. The molecule has 5 heteroatoms. The van der Waals surface area contributed by atoms with Crippen LogP contribution in [0.2, 0.25) is 0 Å². The Balaban J connectivity index is 1.63. The molecule has 4 rings (SSSR count). The van der Waals surface area contributed by atoms with Crippen LogP contribution in [0.3, 0.4) is 0 Å². The van der Waals surface area contributed by atoms with Crippen molar-refractivity contribution in [3.63, 3.8) is 0 Å². The fourth-order valence-electron chi connectivity index (χ4n) is 4.63. The molecular formula is C21H29N5. The number of rotatable bonds is 3. The zero-order chi connectivity index (χ0) is 17.9. The molecule has 2 atom stereocenters. The van der Waals surface area contributed by atoms with Crippen molar-refractivity contribution in [1.29, 1.82) is 0 Å². The van der Waals surface area contributed by atoms with Gasteiger partial charge in [-0.2, -0.15) is 0 Å². The highest BCUT2D eigenvalue weighted by molar-refractivity contribution is 5.64. The van der Waals surface area contributed by atoms with Crippen molar-refractivity contribution in [2.45, 2.75) is 57.0 Å². The zero-order valence-electron chi connectivity index (χ0n) is 15.3.